The molecular weight excluding hydrogens is 296 g/mol. The fourth-order valence-corrected chi connectivity index (χ4v) is 2.41. The van der Waals surface area contributed by atoms with Gasteiger partial charge in [-0.3, -0.25) is 0 Å². The lowest BCUT2D eigenvalue weighted by atomic mass is 10.1. The van der Waals surface area contributed by atoms with Gasteiger partial charge in [0.2, 0.25) is 5.75 Å². The van der Waals surface area contributed by atoms with Crippen molar-refractivity contribution in [2.45, 2.75) is 0 Å². The van der Waals surface area contributed by atoms with E-state index in [9.17, 15) is 5.11 Å². The molecular formula is C18H17O5+. The largest absolute Gasteiger partial charge is 0.508 e. The number of hydrogen-bond acceptors (Lipinski definition) is 4. The van der Waals surface area contributed by atoms with Crippen molar-refractivity contribution in [3.8, 4) is 34.3 Å². The van der Waals surface area contributed by atoms with Crippen LogP contribution in [0.3, 0.4) is 0 Å². The molecule has 0 atom stereocenters. The predicted molar refractivity (Wildman–Crippen MR) is 87.4 cm³/mol. The molecule has 0 aliphatic heterocycles. The summed E-state index contributed by atoms with van der Waals surface area (Å²) in [7, 11) is 4.76. The van der Waals surface area contributed by atoms with Crippen molar-refractivity contribution in [2.24, 2.45) is 0 Å². The normalized spacial score (nSPS) is 10.6. The zero-order valence-electron chi connectivity index (χ0n) is 13.1. The summed E-state index contributed by atoms with van der Waals surface area (Å²) >= 11 is 0. The van der Waals surface area contributed by atoms with E-state index < -0.39 is 0 Å². The predicted octanol–water partition coefficient (Wildman–Crippen LogP) is 4.11. The average molecular weight is 313 g/mol. The first-order valence-corrected chi connectivity index (χ1v) is 7.02. The van der Waals surface area contributed by atoms with Crippen LogP contribution >= 0.6 is 0 Å². The van der Waals surface area contributed by atoms with E-state index in [0.29, 0.717) is 28.6 Å². The lowest BCUT2D eigenvalue weighted by molar-refractivity contribution is 0.391. The summed E-state index contributed by atoms with van der Waals surface area (Å²) in [5, 5.41) is 10.2. The highest BCUT2D eigenvalue weighted by Crippen LogP contribution is 2.39. The molecule has 0 aliphatic rings. The van der Waals surface area contributed by atoms with Gasteiger partial charge in [0.1, 0.15) is 22.6 Å². The third kappa shape index (κ3) is 2.73. The molecule has 3 rings (SSSR count). The quantitative estimate of drug-likeness (QED) is 0.734. The molecule has 2 aromatic carbocycles. The highest BCUT2D eigenvalue weighted by Gasteiger charge is 2.25. The topological polar surface area (TPSA) is 59.2 Å². The van der Waals surface area contributed by atoms with E-state index >= 15 is 0 Å². The van der Waals surface area contributed by atoms with Crippen molar-refractivity contribution in [2.75, 3.05) is 21.3 Å². The number of methoxy groups -OCH3 is 3. The summed E-state index contributed by atoms with van der Waals surface area (Å²) < 4.78 is 22.2. The van der Waals surface area contributed by atoms with E-state index in [1.807, 2.05) is 6.07 Å². The van der Waals surface area contributed by atoms with Crippen LogP contribution in [0, 0.1) is 0 Å². The van der Waals surface area contributed by atoms with E-state index in [4.69, 9.17) is 18.6 Å². The molecule has 0 spiro atoms. The van der Waals surface area contributed by atoms with Gasteiger partial charge in [0.25, 0.3) is 0 Å². The molecule has 0 radical (unpaired) electrons. The van der Waals surface area contributed by atoms with Crippen LogP contribution < -0.4 is 14.2 Å². The summed E-state index contributed by atoms with van der Waals surface area (Å²) in [6, 6.07) is 12.2. The van der Waals surface area contributed by atoms with Crippen LogP contribution in [0.15, 0.2) is 46.9 Å². The minimum absolute atomic E-state index is 0.192. The molecule has 1 heterocycles. The van der Waals surface area contributed by atoms with E-state index in [1.54, 1.807) is 57.7 Å². The van der Waals surface area contributed by atoms with Gasteiger partial charge in [-0.2, -0.15) is 0 Å². The molecule has 0 saturated carbocycles. The maximum absolute atomic E-state index is 9.44. The van der Waals surface area contributed by atoms with Crippen LogP contribution in [0.4, 0.5) is 0 Å². The molecule has 3 aromatic rings. The summed E-state index contributed by atoms with van der Waals surface area (Å²) in [5.41, 5.74) is 1.41. The van der Waals surface area contributed by atoms with Crippen molar-refractivity contribution in [1.29, 1.82) is 0 Å². The number of ether oxygens (including phenoxy) is 3. The Morgan fingerprint density at radius 1 is 0.826 bits per heavy atom. The minimum atomic E-state index is 0.192. The third-order valence-corrected chi connectivity index (χ3v) is 3.59. The standard InChI is InChI=1S/C18H16O5/c1-20-13-8-15(21-2)14-10-17(22-3)18(23-16(14)9-13)11-4-6-12(19)7-5-11/h4-10H,1-3H3/p+1. The van der Waals surface area contributed by atoms with Gasteiger partial charge in [0.05, 0.1) is 33.0 Å². The molecule has 0 amide bonds. The van der Waals surface area contributed by atoms with E-state index in [0.717, 1.165) is 10.9 Å². The first-order chi connectivity index (χ1) is 11.2. The third-order valence-electron chi connectivity index (χ3n) is 3.59. The highest BCUT2D eigenvalue weighted by atomic mass is 16.5. The molecule has 0 saturated heterocycles. The number of phenols is 1. The molecule has 1 N–H and O–H groups in total. The second-order valence-electron chi connectivity index (χ2n) is 4.93. The fraction of sp³-hybridized carbons (Fsp3) is 0.167. The summed E-state index contributed by atoms with van der Waals surface area (Å²) in [5.74, 6) is 2.61. The number of benzene rings is 2. The van der Waals surface area contributed by atoms with Crippen molar-refractivity contribution in [1.82, 2.24) is 0 Å². The Morgan fingerprint density at radius 2 is 1.52 bits per heavy atom. The van der Waals surface area contributed by atoms with Crippen LogP contribution in [0.1, 0.15) is 0 Å². The van der Waals surface area contributed by atoms with E-state index in [-0.39, 0.29) is 5.75 Å². The second kappa shape index (κ2) is 6.04. The van der Waals surface area contributed by atoms with Gasteiger partial charge in [0.15, 0.2) is 0 Å². The van der Waals surface area contributed by atoms with Crippen LogP contribution in [0.25, 0.3) is 22.3 Å². The summed E-state index contributed by atoms with van der Waals surface area (Å²) in [6.45, 7) is 0. The minimum Gasteiger partial charge on any atom is -0.508 e. The maximum Gasteiger partial charge on any atom is 0.402 e. The highest BCUT2D eigenvalue weighted by molar-refractivity contribution is 5.88. The Hall–Kier alpha value is -2.95. The number of fused-ring (bicyclic) bond motifs is 1. The van der Waals surface area contributed by atoms with Gasteiger partial charge in [-0.1, -0.05) is 0 Å². The lowest BCUT2D eigenvalue weighted by Gasteiger charge is -2.06. The zero-order chi connectivity index (χ0) is 16.4. The van der Waals surface area contributed by atoms with Crippen molar-refractivity contribution >= 4 is 11.0 Å². The number of rotatable bonds is 4. The van der Waals surface area contributed by atoms with Crippen molar-refractivity contribution in [3.63, 3.8) is 0 Å². The average Bonchev–Trinajstić information content (AvgIpc) is 2.60. The smallest absolute Gasteiger partial charge is 0.402 e. The number of hydrogen-bond donors (Lipinski definition) is 1. The Labute approximate surface area is 133 Å². The maximum atomic E-state index is 9.44. The summed E-state index contributed by atoms with van der Waals surface area (Å²) in [6.07, 6.45) is 0. The number of phenolic OH excluding ortho intramolecular Hbond substituents is 1. The van der Waals surface area contributed by atoms with Crippen LogP contribution in [0.5, 0.6) is 23.0 Å². The van der Waals surface area contributed by atoms with Gasteiger partial charge in [-0.15, -0.1) is 0 Å². The van der Waals surface area contributed by atoms with E-state index in [1.165, 1.54) is 0 Å². The second-order valence-corrected chi connectivity index (χ2v) is 4.93. The molecule has 0 aliphatic carbocycles. The first-order valence-electron chi connectivity index (χ1n) is 7.02. The van der Waals surface area contributed by atoms with Crippen LogP contribution in [-0.4, -0.2) is 26.4 Å². The number of aromatic hydroxyl groups is 1. The molecule has 23 heavy (non-hydrogen) atoms. The fourth-order valence-electron chi connectivity index (χ4n) is 2.41. The van der Waals surface area contributed by atoms with Gasteiger partial charge < -0.3 is 19.3 Å². The van der Waals surface area contributed by atoms with Gasteiger partial charge in [-0.25, -0.2) is 4.42 Å². The summed E-state index contributed by atoms with van der Waals surface area (Å²) in [4.78, 5) is 0. The van der Waals surface area contributed by atoms with Gasteiger partial charge in [-0.05, 0) is 24.3 Å². The molecule has 5 nitrogen and oxygen atoms in total. The van der Waals surface area contributed by atoms with Gasteiger partial charge in [0, 0.05) is 12.1 Å². The Kier molecular flexibility index (Phi) is 3.93. The molecule has 0 fully saturated rings. The van der Waals surface area contributed by atoms with Crippen molar-refractivity contribution in [3.05, 3.63) is 42.5 Å². The Balaban J connectivity index is 2.27. The molecule has 118 valence electrons. The Bertz CT molecular complexity index is 840. The first kappa shape index (κ1) is 15.0. The van der Waals surface area contributed by atoms with Crippen molar-refractivity contribution < 1.29 is 23.7 Å². The van der Waals surface area contributed by atoms with E-state index in [2.05, 4.69) is 0 Å². The SMILES string of the molecule is COc1cc(OC)c2cc(OC)c(-c3ccc(O)cc3)[o+]c2c1. The van der Waals surface area contributed by atoms with Crippen LogP contribution in [0.2, 0.25) is 0 Å². The van der Waals surface area contributed by atoms with Crippen LogP contribution in [-0.2, 0) is 0 Å². The monoisotopic (exact) mass is 313 g/mol. The Morgan fingerprint density at radius 3 is 2.13 bits per heavy atom. The molecule has 0 unspecified atom stereocenters. The lowest BCUT2D eigenvalue weighted by Crippen LogP contribution is -1.92. The zero-order valence-corrected chi connectivity index (χ0v) is 13.1. The molecule has 0 bridgehead atoms. The molecule has 1 aromatic heterocycles. The molecule has 5 heteroatoms. The van der Waals surface area contributed by atoms with Gasteiger partial charge >= 0.3 is 11.3 Å².